The Morgan fingerprint density at radius 2 is 1.67 bits per heavy atom. The molecule has 110 valence electrons. The number of rotatable bonds is 5. The smallest absolute Gasteiger partial charge is 0.265 e. The van der Waals surface area contributed by atoms with E-state index < -0.39 is 6.10 Å². The number of amides is 1. The zero-order valence-corrected chi connectivity index (χ0v) is 12.5. The second kappa shape index (κ2) is 6.79. The quantitative estimate of drug-likeness (QED) is 0.917. The first-order chi connectivity index (χ1) is 10.1. The Labute approximate surface area is 125 Å². The van der Waals surface area contributed by atoms with Crippen molar-refractivity contribution in [3.05, 3.63) is 54.6 Å². The van der Waals surface area contributed by atoms with Gasteiger partial charge in [-0.15, -0.1) is 0 Å². The SMILES string of the molecule is C[C@@H](Oc1ccccc1)C(=O)Nc1ccc(N(C)C)cc1. The number of hydrogen-bond donors (Lipinski definition) is 1. The molecular formula is C17H20N2O2. The molecule has 1 atom stereocenters. The molecule has 2 aromatic rings. The Kier molecular flexibility index (Phi) is 4.82. The first-order valence-electron chi connectivity index (χ1n) is 6.86. The summed E-state index contributed by atoms with van der Waals surface area (Å²) in [4.78, 5) is 14.1. The van der Waals surface area contributed by atoms with Crippen LogP contribution in [0.4, 0.5) is 11.4 Å². The van der Waals surface area contributed by atoms with Gasteiger partial charge in [0.25, 0.3) is 5.91 Å². The van der Waals surface area contributed by atoms with Crippen LogP contribution in [0.2, 0.25) is 0 Å². The van der Waals surface area contributed by atoms with Gasteiger partial charge in [-0.25, -0.2) is 0 Å². The largest absolute Gasteiger partial charge is 0.481 e. The summed E-state index contributed by atoms with van der Waals surface area (Å²) in [6.07, 6.45) is -0.555. The van der Waals surface area contributed by atoms with Gasteiger partial charge < -0.3 is 15.0 Å². The summed E-state index contributed by atoms with van der Waals surface area (Å²) in [6, 6.07) is 17.0. The predicted molar refractivity (Wildman–Crippen MR) is 85.9 cm³/mol. The third kappa shape index (κ3) is 4.24. The molecule has 0 aliphatic rings. The molecule has 0 aromatic heterocycles. The van der Waals surface area contributed by atoms with E-state index in [4.69, 9.17) is 4.74 Å². The molecule has 2 aromatic carbocycles. The molecule has 0 bridgehead atoms. The molecule has 0 heterocycles. The van der Waals surface area contributed by atoms with Crippen LogP contribution >= 0.6 is 0 Å². The van der Waals surface area contributed by atoms with Crippen molar-refractivity contribution in [3.8, 4) is 5.75 Å². The van der Waals surface area contributed by atoms with Crippen molar-refractivity contribution in [2.75, 3.05) is 24.3 Å². The Bertz CT molecular complexity index is 579. The normalized spacial score (nSPS) is 11.6. The van der Waals surface area contributed by atoms with Crippen LogP contribution in [0.5, 0.6) is 5.75 Å². The van der Waals surface area contributed by atoms with E-state index in [0.29, 0.717) is 5.75 Å². The van der Waals surface area contributed by atoms with Crippen LogP contribution in [0.25, 0.3) is 0 Å². The summed E-state index contributed by atoms with van der Waals surface area (Å²) in [5.74, 6) is 0.513. The third-order valence-corrected chi connectivity index (χ3v) is 3.08. The summed E-state index contributed by atoms with van der Waals surface area (Å²) >= 11 is 0. The average molecular weight is 284 g/mol. The standard InChI is InChI=1S/C17H20N2O2/c1-13(21-16-7-5-4-6-8-16)17(20)18-14-9-11-15(12-10-14)19(2)3/h4-13H,1-3H3,(H,18,20)/t13-/m1/s1. The van der Waals surface area contributed by atoms with Gasteiger partial charge in [0.2, 0.25) is 0 Å². The van der Waals surface area contributed by atoms with Crippen LogP contribution in [0.15, 0.2) is 54.6 Å². The van der Waals surface area contributed by atoms with Gasteiger partial charge in [0, 0.05) is 25.5 Å². The summed E-state index contributed by atoms with van der Waals surface area (Å²) in [5, 5.41) is 2.85. The highest BCUT2D eigenvalue weighted by Crippen LogP contribution is 2.16. The van der Waals surface area contributed by atoms with E-state index in [1.807, 2.05) is 73.6 Å². The predicted octanol–water partition coefficient (Wildman–Crippen LogP) is 3.16. The van der Waals surface area contributed by atoms with Crippen LogP contribution < -0.4 is 15.0 Å². The van der Waals surface area contributed by atoms with Gasteiger partial charge in [-0.2, -0.15) is 0 Å². The monoisotopic (exact) mass is 284 g/mol. The van der Waals surface area contributed by atoms with Crippen molar-refractivity contribution in [2.24, 2.45) is 0 Å². The van der Waals surface area contributed by atoms with Crippen LogP contribution in [0, 0.1) is 0 Å². The number of carbonyl (C=O) groups excluding carboxylic acids is 1. The van der Waals surface area contributed by atoms with Crippen molar-refractivity contribution < 1.29 is 9.53 Å². The molecule has 0 saturated heterocycles. The highest BCUT2D eigenvalue weighted by molar-refractivity contribution is 5.94. The fourth-order valence-electron chi connectivity index (χ4n) is 1.84. The molecule has 0 unspecified atom stereocenters. The molecule has 1 amide bonds. The lowest BCUT2D eigenvalue weighted by molar-refractivity contribution is -0.122. The molecule has 4 heteroatoms. The molecule has 0 spiro atoms. The third-order valence-electron chi connectivity index (χ3n) is 3.08. The van der Waals surface area contributed by atoms with Crippen molar-refractivity contribution >= 4 is 17.3 Å². The average Bonchev–Trinajstić information content (AvgIpc) is 2.48. The molecular weight excluding hydrogens is 264 g/mol. The maximum Gasteiger partial charge on any atom is 0.265 e. The summed E-state index contributed by atoms with van der Waals surface area (Å²) in [5.41, 5.74) is 1.84. The molecule has 4 nitrogen and oxygen atoms in total. The van der Waals surface area contributed by atoms with Crippen LogP contribution in [-0.2, 0) is 4.79 Å². The van der Waals surface area contributed by atoms with Crippen molar-refractivity contribution in [2.45, 2.75) is 13.0 Å². The van der Waals surface area contributed by atoms with Crippen molar-refractivity contribution in [1.82, 2.24) is 0 Å². The molecule has 2 rings (SSSR count). The fourth-order valence-corrected chi connectivity index (χ4v) is 1.84. The maximum atomic E-state index is 12.1. The molecule has 0 aliphatic carbocycles. The zero-order chi connectivity index (χ0) is 15.2. The van der Waals surface area contributed by atoms with Crippen molar-refractivity contribution in [1.29, 1.82) is 0 Å². The second-order valence-corrected chi connectivity index (χ2v) is 5.00. The lowest BCUT2D eigenvalue weighted by Gasteiger charge is -2.16. The number of anilines is 2. The highest BCUT2D eigenvalue weighted by Gasteiger charge is 2.14. The lowest BCUT2D eigenvalue weighted by atomic mass is 10.2. The fraction of sp³-hybridized carbons (Fsp3) is 0.235. The van der Waals surface area contributed by atoms with E-state index in [0.717, 1.165) is 11.4 Å². The summed E-state index contributed by atoms with van der Waals surface area (Å²) in [7, 11) is 3.95. The van der Waals surface area contributed by atoms with Gasteiger partial charge in [0.05, 0.1) is 0 Å². The number of para-hydroxylation sites is 1. The Hall–Kier alpha value is -2.49. The van der Waals surface area contributed by atoms with Crippen LogP contribution in [0.3, 0.4) is 0 Å². The van der Waals surface area contributed by atoms with E-state index in [-0.39, 0.29) is 5.91 Å². The topological polar surface area (TPSA) is 41.6 Å². The summed E-state index contributed by atoms with van der Waals surface area (Å²) in [6.45, 7) is 1.73. The van der Waals surface area contributed by atoms with E-state index in [1.165, 1.54) is 0 Å². The molecule has 0 saturated carbocycles. The van der Waals surface area contributed by atoms with Gasteiger partial charge in [-0.05, 0) is 43.3 Å². The minimum Gasteiger partial charge on any atom is -0.481 e. The lowest BCUT2D eigenvalue weighted by Crippen LogP contribution is -2.30. The van der Waals surface area contributed by atoms with Gasteiger partial charge in [0.1, 0.15) is 5.75 Å². The number of nitrogens with zero attached hydrogens (tertiary/aromatic N) is 1. The number of benzene rings is 2. The second-order valence-electron chi connectivity index (χ2n) is 5.00. The molecule has 1 N–H and O–H groups in total. The minimum atomic E-state index is -0.555. The first-order valence-corrected chi connectivity index (χ1v) is 6.86. The van der Waals surface area contributed by atoms with Gasteiger partial charge >= 0.3 is 0 Å². The van der Waals surface area contributed by atoms with Crippen LogP contribution in [-0.4, -0.2) is 26.1 Å². The minimum absolute atomic E-state index is 0.170. The van der Waals surface area contributed by atoms with E-state index in [1.54, 1.807) is 6.92 Å². The molecule has 0 fully saturated rings. The number of ether oxygens (including phenoxy) is 1. The Morgan fingerprint density at radius 3 is 2.24 bits per heavy atom. The van der Waals surface area contributed by atoms with Crippen molar-refractivity contribution in [3.63, 3.8) is 0 Å². The van der Waals surface area contributed by atoms with E-state index in [2.05, 4.69) is 5.32 Å². The Morgan fingerprint density at radius 1 is 1.05 bits per heavy atom. The van der Waals surface area contributed by atoms with Gasteiger partial charge in [-0.1, -0.05) is 18.2 Å². The summed E-state index contributed by atoms with van der Waals surface area (Å²) < 4.78 is 5.59. The zero-order valence-electron chi connectivity index (χ0n) is 12.5. The Balaban J connectivity index is 1.94. The van der Waals surface area contributed by atoms with E-state index >= 15 is 0 Å². The van der Waals surface area contributed by atoms with Crippen LogP contribution in [0.1, 0.15) is 6.92 Å². The molecule has 0 aliphatic heterocycles. The van der Waals surface area contributed by atoms with Gasteiger partial charge in [0.15, 0.2) is 6.10 Å². The molecule has 21 heavy (non-hydrogen) atoms. The highest BCUT2D eigenvalue weighted by atomic mass is 16.5. The first kappa shape index (κ1) is 14.9. The van der Waals surface area contributed by atoms with Gasteiger partial charge in [-0.3, -0.25) is 4.79 Å². The molecule has 0 radical (unpaired) electrons. The number of carbonyl (C=O) groups is 1. The maximum absolute atomic E-state index is 12.1. The number of nitrogens with one attached hydrogen (secondary N) is 1. The number of hydrogen-bond acceptors (Lipinski definition) is 3. The van der Waals surface area contributed by atoms with E-state index in [9.17, 15) is 4.79 Å².